The van der Waals surface area contributed by atoms with Gasteiger partial charge in [0, 0.05) is 31.4 Å². The third kappa shape index (κ3) is 4.69. The Kier molecular flexibility index (Phi) is 5.98. The van der Waals surface area contributed by atoms with Gasteiger partial charge in [-0.3, -0.25) is 4.98 Å². The number of hydrogen-bond acceptors (Lipinski definition) is 7. The summed E-state index contributed by atoms with van der Waals surface area (Å²) in [4.78, 5) is 8.55. The fourth-order valence-electron chi connectivity index (χ4n) is 3.33. The van der Waals surface area contributed by atoms with Gasteiger partial charge in [-0.25, -0.2) is 8.42 Å². The van der Waals surface area contributed by atoms with E-state index in [4.69, 9.17) is 9.26 Å². The van der Waals surface area contributed by atoms with E-state index in [-0.39, 0.29) is 17.4 Å². The molecule has 9 heteroatoms. The number of sulfonamides is 1. The molecule has 0 radical (unpaired) electrons. The average molecular weight is 414 g/mol. The average Bonchev–Trinajstić information content (AvgIpc) is 3.24. The monoisotopic (exact) mass is 414 g/mol. The van der Waals surface area contributed by atoms with Crippen LogP contribution in [0.4, 0.5) is 0 Å². The Labute approximate surface area is 169 Å². The first kappa shape index (κ1) is 19.7. The highest BCUT2D eigenvalue weighted by atomic mass is 32.2. The van der Waals surface area contributed by atoms with E-state index in [2.05, 4.69) is 15.1 Å². The SMILES string of the molecule is O=S(=O)(c1cccnc1)N1CCC(c2noc(COCc3ccccc3)n2)CC1. The number of rotatable bonds is 7. The summed E-state index contributed by atoms with van der Waals surface area (Å²) in [6.07, 6.45) is 4.22. The van der Waals surface area contributed by atoms with Crippen LogP contribution < -0.4 is 0 Å². The summed E-state index contributed by atoms with van der Waals surface area (Å²) in [6.45, 7) is 1.55. The molecular formula is C20H22N4O4S. The lowest BCUT2D eigenvalue weighted by Gasteiger charge is -2.29. The summed E-state index contributed by atoms with van der Waals surface area (Å²) < 4.78 is 37.8. The molecule has 3 heterocycles. The molecule has 0 N–H and O–H groups in total. The van der Waals surface area contributed by atoms with Crippen molar-refractivity contribution in [1.82, 2.24) is 19.4 Å². The fourth-order valence-corrected chi connectivity index (χ4v) is 4.76. The molecule has 0 atom stereocenters. The molecule has 2 aromatic heterocycles. The van der Waals surface area contributed by atoms with Gasteiger partial charge in [0.1, 0.15) is 11.5 Å². The van der Waals surface area contributed by atoms with Crippen molar-refractivity contribution in [3.05, 3.63) is 72.1 Å². The smallest absolute Gasteiger partial charge is 0.252 e. The molecule has 0 unspecified atom stereocenters. The highest BCUT2D eigenvalue weighted by Crippen LogP contribution is 2.29. The van der Waals surface area contributed by atoms with Gasteiger partial charge in [0.15, 0.2) is 5.82 Å². The molecule has 0 amide bonds. The molecule has 1 aliphatic heterocycles. The van der Waals surface area contributed by atoms with Crippen LogP contribution in [0.5, 0.6) is 0 Å². The van der Waals surface area contributed by atoms with E-state index in [9.17, 15) is 8.42 Å². The predicted octanol–water partition coefficient (Wildman–Crippen LogP) is 2.75. The minimum Gasteiger partial charge on any atom is -0.367 e. The lowest BCUT2D eigenvalue weighted by Crippen LogP contribution is -2.38. The number of nitrogens with zero attached hydrogens (tertiary/aromatic N) is 4. The van der Waals surface area contributed by atoms with E-state index in [0.717, 1.165) is 5.56 Å². The van der Waals surface area contributed by atoms with Crippen molar-refractivity contribution in [3.8, 4) is 0 Å². The van der Waals surface area contributed by atoms with Crippen LogP contribution in [0.2, 0.25) is 0 Å². The number of pyridine rings is 1. The molecule has 1 fully saturated rings. The van der Waals surface area contributed by atoms with Crippen LogP contribution in [0.1, 0.15) is 36.0 Å². The van der Waals surface area contributed by atoms with Gasteiger partial charge in [-0.2, -0.15) is 9.29 Å². The number of aromatic nitrogens is 3. The maximum atomic E-state index is 12.7. The Morgan fingerprint density at radius 2 is 1.86 bits per heavy atom. The summed E-state index contributed by atoms with van der Waals surface area (Å²) in [5.74, 6) is 1.12. The fraction of sp³-hybridized carbons (Fsp3) is 0.350. The standard InChI is InChI=1S/C20H22N4O4S/c25-29(26,18-7-4-10-21-13-18)24-11-8-17(9-12-24)20-22-19(28-23-20)15-27-14-16-5-2-1-3-6-16/h1-7,10,13,17H,8-9,11-12,14-15H2. The van der Waals surface area contributed by atoms with E-state index in [0.29, 0.717) is 44.3 Å². The van der Waals surface area contributed by atoms with Crippen molar-refractivity contribution in [2.75, 3.05) is 13.1 Å². The van der Waals surface area contributed by atoms with Crippen molar-refractivity contribution in [2.24, 2.45) is 0 Å². The van der Waals surface area contributed by atoms with Crippen LogP contribution in [-0.2, 0) is 28.0 Å². The molecule has 4 rings (SSSR count). The van der Waals surface area contributed by atoms with Crippen LogP contribution in [0, 0.1) is 0 Å². The summed E-state index contributed by atoms with van der Waals surface area (Å²) in [7, 11) is -3.51. The molecule has 0 bridgehead atoms. The van der Waals surface area contributed by atoms with E-state index in [1.807, 2.05) is 30.3 Å². The molecule has 1 aliphatic rings. The molecule has 152 valence electrons. The Hall–Kier alpha value is -2.62. The van der Waals surface area contributed by atoms with E-state index < -0.39 is 10.0 Å². The van der Waals surface area contributed by atoms with Gasteiger partial charge in [-0.1, -0.05) is 35.5 Å². The van der Waals surface area contributed by atoms with E-state index >= 15 is 0 Å². The van der Waals surface area contributed by atoms with Gasteiger partial charge in [0.2, 0.25) is 10.0 Å². The van der Waals surface area contributed by atoms with Crippen LogP contribution in [0.25, 0.3) is 0 Å². The Morgan fingerprint density at radius 1 is 1.07 bits per heavy atom. The van der Waals surface area contributed by atoms with Crippen LogP contribution in [0.3, 0.4) is 0 Å². The Morgan fingerprint density at radius 3 is 2.59 bits per heavy atom. The second-order valence-corrected chi connectivity index (χ2v) is 8.83. The van der Waals surface area contributed by atoms with Gasteiger partial charge in [0.25, 0.3) is 5.89 Å². The molecule has 29 heavy (non-hydrogen) atoms. The molecule has 8 nitrogen and oxygen atoms in total. The number of benzene rings is 1. The van der Waals surface area contributed by atoms with Gasteiger partial charge in [-0.05, 0) is 30.5 Å². The summed E-state index contributed by atoms with van der Waals surface area (Å²) in [5.41, 5.74) is 1.08. The first-order chi connectivity index (χ1) is 14.1. The normalized spacial score (nSPS) is 16.1. The van der Waals surface area contributed by atoms with Crippen molar-refractivity contribution >= 4 is 10.0 Å². The first-order valence-electron chi connectivity index (χ1n) is 9.47. The van der Waals surface area contributed by atoms with Gasteiger partial charge in [0.05, 0.1) is 6.61 Å². The highest BCUT2D eigenvalue weighted by molar-refractivity contribution is 7.89. The largest absolute Gasteiger partial charge is 0.367 e. The van der Waals surface area contributed by atoms with Gasteiger partial charge >= 0.3 is 0 Å². The van der Waals surface area contributed by atoms with Crippen LogP contribution >= 0.6 is 0 Å². The second kappa shape index (κ2) is 8.81. The quantitative estimate of drug-likeness (QED) is 0.586. The zero-order chi connectivity index (χ0) is 20.1. The third-order valence-corrected chi connectivity index (χ3v) is 6.79. The Bertz CT molecular complexity index is 1020. The van der Waals surface area contributed by atoms with Gasteiger partial charge in [-0.15, -0.1) is 0 Å². The minimum absolute atomic E-state index is 0.0713. The van der Waals surface area contributed by atoms with Gasteiger partial charge < -0.3 is 9.26 Å². The second-order valence-electron chi connectivity index (χ2n) is 6.89. The molecule has 0 aliphatic carbocycles. The van der Waals surface area contributed by atoms with Crippen molar-refractivity contribution in [3.63, 3.8) is 0 Å². The summed E-state index contributed by atoms with van der Waals surface area (Å²) in [6, 6.07) is 13.1. The lowest BCUT2D eigenvalue weighted by molar-refractivity contribution is 0.0850. The van der Waals surface area contributed by atoms with Crippen molar-refractivity contribution in [1.29, 1.82) is 0 Å². The highest BCUT2D eigenvalue weighted by Gasteiger charge is 2.31. The molecule has 3 aromatic rings. The number of piperidine rings is 1. The zero-order valence-corrected chi connectivity index (χ0v) is 16.7. The zero-order valence-electron chi connectivity index (χ0n) is 15.8. The van der Waals surface area contributed by atoms with Crippen LogP contribution in [0.15, 0.2) is 64.3 Å². The van der Waals surface area contributed by atoms with Crippen molar-refractivity contribution < 1.29 is 17.7 Å². The molecule has 1 saturated heterocycles. The first-order valence-corrected chi connectivity index (χ1v) is 10.9. The molecule has 1 aromatic carbocycles. The minimum atomic E-state index is -3.51. The predicted molar refractivity (Wildman–Crippen MR) is 104 cm³/mol. The maximum absolute atomic E-state index is 12.7. The topological polar surface area (TPSA) is 98.4 Å². The van der Waals surface area contributed by atoms with Crippen molar-refractivity contribution in [2.45, 2.75) is 36.9 Å². The summed E-state index contributed by atoms with van der Waals surface area (Å²) >= 11 is 0. The number of ether oxygens (including phenoxy) is 1. The van der Waals surface area contributed by atoms with E-state index in [1.165, 1.54) is 10.5 Å². The van der Waals surface area contributed by atoms with Crippen LogP contribution in [-0.4, -0.2) is 40.9 Å². The number of hydrogen-bond donors (Lipinski definition) is 0. The molecular weight excluding hydrogens is 392 g/mol. The molecule has 0 saturated carbocycles. The maximum Gasteiger partial charge on any atom is 0.252 e. The molecule has 0 spiro atoms. The Balaban J connectivity index is 1.30. The van der Waals surface area contributed by atoms with E-state index in [1.54, 1.807) is 18.3 Å². The lowest BCUT2D eigenvalue weighted by atomic mass is 9.98. The third-order valence-electron chi connectivity index (χ3n) is 4.91. The summed E-state index contributed by atoms with van der Waals surface area (Å²) in [5, 5.41) is 4.07.